The van der Waals surface area contributed by atoms with Crippen molar-refractivity contribution < 1.29 is 4.74 Å². The minimum atomic E-state index is 0.506. The van der Waals surface area contributed by atoms with E-state index in [4.69, 9.17) is 4.74 Å². The number of likely N-dealkylation sites (N-methyl/N-ethyl adjacent to an activating group) is 1. The predicted octanol–water partition coefficient (Wildman–Crippen LogP) is 0.283. The molecule has 0 bridgehead atoms. The van der Waals surface area contributed by atoms with E-state index >= 15 is 0 Å². The maximum absolute atomic E-state index is 5.05. The number of methoxy groups -OCH3 is 1. The maximum atomic E-state index is 5.05. The van der Waals surface area contributed by atoms with E-state index in [9.17, 15) is 0 Å². The molecule has 1 unspecified atom stereocenters. The smallest absolute Gasteiger partial charge is 0.233 e. The molecular weight excluding hydrogens is 192 g/mol. The van der Waals surface area contributed by atoms with Crippen molar-refractivity contribution in [2.75, 3.05) is 32.1 Å². The Morgan fingerprint density at radius 2 is 2.40 bits per heavy atom. The number of aromatic nitrogens is 2. The van der Waals surface area contributed by atoms with Gasteiger partial charge in [0.25, 0.3) is 0 Å². The third-order valence-electron chi connectivity index (χ3n) is 2.75. The fourth-order valence-corrected chi connectivity index (χ4v) is 1.76. The van der Waals surface area contributed by atoms with Crippen LogP contribution in [0.3, 0.4) is 0 Å². The molecule has 1 atom stereocenters. The molecule has 1 aromatic rings. The van der Waals surface area contributed by atoms with Crippen LogP contribution in [0.2, 0.25) is 0 Å². The summed E-state index contributed by atoms with van der Waals surface area (Å²) in [6.07, 6.45) is 4.53. The molecule has 1 aliphatic heterocycles. The summed E-state index contributed by atoms with van der Waals surface area (Å²) in [5, 5.41) is 3.33. The van der Waals surface area contributed by atoms with E-state index in [1.165, 1.54) is 0 Å². The van der Waals surface area contributed by atoms with Crippen molar-refractivity contribution >= 4 is 5.82 Å². The Labute approximate surface area is 89.5 Å². The largest absolute Gasteiger partial charge is 0.480 e. The first kappa shape index (κ1) is 10.2. The van der Waals surface area contributed by atoms with Gasteiger partial charge < -0.3 is 15.0 Å². The second-order valence-corrected chi connectivity index (χ2v) is 3.68. The molecule has 5 nitrogen and oxygen atoms in total. The molecule has 0 amide bonds. The highest BCUT2D eigenvalue weighted by molar-refractivity contribution is 5.38. The lowest BCUT2D eigenvalue weighted by atomic mass is 10.2. The zero-order chi connectivity index (χ0) is 10.7. The van der Waals surface area contributed by atoms with Gasteiger partial charge in [-0.1, -0.05) is 0 Å². The van der Waals surface area contributed by atoms with Crippen molar-refractivity contribution in [1.82, 2.24) is 15.3 Å². The Morgan fingerprint density at radius 3 is 3.07 bits per heavy atom. The Kier molecular flexibility index (Phi) is 3.01. The van der Waals surface area contributed by atoms with E-state index < -0.39 is 0 Å². The third kappa shape index (κ3) is 2.18. The monoisotopic (exact) mass is 208 g/mol. The number of nitrogens with one attached hydrogen (secondary N) is 1. The number of nitrogens with zero attached hydrogens (tertiary/aromatic N) is 3. The fraction of sp³-hybridized carbons (Fsp3) is 0.600. The van der Waals surface area contributed by atoms with Crippen LogP contribution in [-0.4, -0.2) is 43.3 Å². The standard InChI is InChI=1S/C10H16N4O/c1-14(8-3-4-11-5-8)9-6-12-7-10(13-9)15-2/h6-8,11H,3-5H2,1-2H3. The molecule has 0 aromatic carbocycles. The van der Waals surface area contributed by atoms with Crippen LogP contribution in [0.5, 0.6) is 5.88 Å². The Bertz CT molecular complexity index is 325. The van der Waals surface area contributed by atoms with Crippen LogP contribution in [0.4, 0.5) is 5.82 Å². The Hall–Kier alpha value is -1.36. The summed E-state index contributed by atoms with van der Waals surface area (Å²) in [6.45, 7) is 2.09. The van der Waals surface area contributed by atoms with Crippen LogP contribution < -0.4 is 15.0 Å². The molecule has 0 radical (unpaired) electrons. The maximum Gasteiger partial charge on any atom is 0.233 e. The molecule has 5 heteroatoms. The first-order valence-corrected chi connectivity index (χ1v) is 5.11. The summed E-state index contributed by atoms with van der Waals surface area (Å²) in [5.41, 5.74) is 0. The van der Waals surface area contributed by atoms with Gasteiger partial charge in [-0.15, -0.1) is 0 Å². The van der Waals surface area contributed by atoms with Gasteiger partial charge in [0.15, 0.2) is 5.82 Å². The van der Waals surface area contributed by atoms with E-state index in [2.05, 4.69) is 20.2 Å². The first-order chi connectivity index (χ1) is 7.31. The molecule has 1 saturated heterocycles. The van der Waals surface area contributed by atoms with Crippen molar-refractivity contribution in [2.24, 2.45) is 0 Å². The van der Waals surface area contributed by atoms with Gasteiger partial charge in [-0.25, -0.2) is 0 Å². The topological polar surface area (TPSA) is 50.3 Å². The van der Waals surface area contributed by atoms with Crippen molar-refractivity contribution in [2.45, 2.75) is 12.5 Å². The second-order valence-electron chi connectivity index (χ2n) is 3.68. The number of ether oxygens (including phenoxy) is 1. The van der Waals surface area contributed by atoms with Gasteiger partial charge in [0.2, 0.25) is 5.88 Å². The summed E-state index contributed by atoms with van der Waals surface area (Å²) in [6, 6.07) is 0.506. The van der Waals surface area contributed by atoms with Crippen molar-refractivity contribution in [1.29, 1.82) is 0 Å². The molecule has 1 N–H and O–H groups in total. The number of hydrogen-bond acceptors (Lipinski definition) is 5. The van der Waals surface area contributed by atoms with E-state index in [1.54, 1.807) is 19.5 Å². The molecule has 0 saturated carbocycles. The van der Waals surface area contributed by atoms with Crippen molar-refractivity contribution in [3.05, 3.63) is 12.4 Å². The van der Waals surface area contributed by atoms with Gasteiger partial charge in [0.1, 0.15) is 0 Å². The third-order valence-corrected chi connectivity index (χ3v) is 2.75. The molecule has 0 spiro atoms. The number of anilines is 1. The van der Waals surface area contributed by atoms with Gasteiger partial charge in [-0.05, 0) is 13.0 Å². The SMILES string of the molecule is COc1cncc(N(C)C2CCNC2)n1. The van der Waals surface area contributed by atoms with E-state index in [1.807, 2.05) is 7.05 Å². The molecular formula is C10H16N4O. The molecule has 2 heterocycles. The van der Waals surface area contributed by atoms with Crippen LogP contribution in [-0.2, 0) is 0 Å². The highest BCUT2D eigenvalue weighted by Gasteiger charge is 2.20. The normalized spacial score (nSPS) is 20.3. The lowest BCUT2D eigenvalue weighted by Crippen LogP contribution is -2.34. The zero-order valence-corrected chi connectivity index (χ0v) is 9.10. The van der Waals surface area contributed by atoms with Crippen LogP contribution >= 0.6 is 0 Å². The van der Waals surface area contributed by atoms with Crippen LogP contribution in [0, 0.1) is 0 Å². The van der Waals surface area contributed by atoms with Gasteiger partial charge in [0.05, 0.1) is 19.5 Å². The molecule has 1 fully saturated rings. The van der Waals surface area contributed by atoms with E-state index in [-0.39, 0.29) is 0 Å². The van der Waals surface area contributed by atoms with Crippen LogP contribution in [0.25, 0.3) is 0 Å². The molecule has 15 heavy (non-hydrogen) atoms. The number of rotatable bonds is 3. The quantitative estimate of drug-likeness (QED) is 0.773. The average molecular weight is 208 g/mol. The summed E-state index contributed by atoms with van der Waals surface area (Å²) < 4.78 is 5.05. The minimum Gasteiger partial charge on any atom is -0.480 e. The van der Waals surface area contributed by atoms with E-state index in [0.29, 0.717) is 11.9 Å². The predicted molar refractivity (Wildman–Crippen MR) is 58.3 cm³/mol. The first-order valence-electron chi connectivity index (χ1n) is 5.11. The molecule has 1 aromatic heterocycles. The van der Waals surface area contributed by atoms with Gasteiger partial charge in [-0.2, -0.15) is 4.98 Å². The lowest BCUT2D eigenvalue weighted by molar-refractivity contribution is 0.395. The zero-order valence-electron chi connectivity index (χ0n) is 9.10. The summed E-state index contributed by atoms with van der Waals surface area (Å²) in [5.74, 6) is 1.42. The Balaban J connectivity index is 2.13. The Morgan fingerprint density at radius 1 is 1.53 bits per heavy atom. The average Bonchev–Trinajstić information content (AvgIpc) is 2.81. The summed E-state index contributed by atoms with van der Waals surface area (Å²) in [4.78, 5) is 10.6. The highest BCUT2D eigenvalue weighted by atomic mass is 16.5. The van der Waals surface area contributed by atoms with Crippen LogP contribution in [0.15, 0.2) is 12.4 Å². The fourth-order valence-electron chi connectivity index (χ4n) is 1.76. The van der Waals surface area contributed by atoms with E-state index in [0.717, 1.165) is 25.3 Å². The second kappa shape index (κ2) is 4.44. The number of hydrogen-bond donors (Lipinski definition) is 1. The summed E-state index contributed by atoms with van der Waals surface area (Å²) >= 11 is 0. The molecule has 82 valence electrons. The van der Waals surface area contributed by atoms with Gasteiger partial charge in [0, 0.05) is 19.6 Å². The minimum absolute atomic E-state index is 0.506. The lowest BCUT2D eigenvalue weighted by Gasteiger charge is -2.24. The summed E-state index contributed by atoms with van der Waals surface area (Å²) in [7, 11) is 3.64. The molecule has 1 aliphatic rings. The van der Waals surface area contributed by atoms with Crippen molar-refractivity contribution in [3.63, 3.8) is 0 Å². The van der Waals surface area contributed by atoms with Crippen molar-refractivity contribution in [3.8, 4) is 5.88 Å². The molecule has 0 aliphatic carbocycles. The highest BCUT2D eigenvalue weighted by Crippen LogP contribution is 2.17. The molecule has 2 rings (SSSR count). The van der Waals surface area contributed by atoms with Gasteiger partial charge in [-0.3, -0.25) is 4.98 Å². The van der Waals surface area contributed by atoms with Crippen LogP contribution in [0.1, 0.15) is 6.42 Å². The van der Waals surface area contributed by atoms with Gasteiger partial charge >= 0.3 is 0 Å².